The standard InChI is InChI=1S/C23H15F2NO3S/c1-29-16-10-7-14(8-11-16)20-21(30-17-5-3-2-4-6-17)23(28)26(22(20)27)19-13-15(24)9-12-18(19)25/h2-13H,1H3. The molecule has 0 aliphatic carbocycles. The number of benzene rings is 3. The average Bonchev–Trinajstić information content (AvgIpc) is 3.00. The van der Waals surface area contributed by atoms with Gasteiger partial charge in [0.15, 0.2) is 0 Å². The van der Waals surface area contributed by atoms with Crippen LogP contribution in [0.2, 0.25) is 0 Å². The van der Waals surface area contributed by atoms with Gasteiger partial charge < -0.3 is 4.74 Å². The third-order valence-corrected chi connectivity index (χ3v) is 5.62. The lowest BCUT2D eigenvalue weighted by Gasteiger charge is -2.16. The van der Waals surface area contributed by atoms with Crippen molar-refractivity contribution in [1.82, 2.24) is 0 Å². The highest BCUT2D eigenvalue weighted by atomic mass is 32.2. The maximum absolute atomic E-state index is 14.4. The number of hydrogen-bond acceptors (Lipinski definition) is 4. The third kappa shape index (κ3) is 3.59. The Morgan fingerprint density at radius 1 is 0.867 bits per heavy atom. The Bertz CT molecular complexity index is 1160. The van der Waals surface area contributed by atoms with E-state index in [4.69, 9.17) is 4.74 Å². The quantitative estimate of drug-likeness (QED) is 0.539. The second kappa shape index (κ2) is 8.12. The van der Waals surface area contributed by atoms with Gasteiger partial charge in [0.2, 0.25) is 0 Å². The van der Waals surface area contributed by atoms with Gasteiger partial charge >= 0.3 is 0 Å². The Hall–Kier alpha value is -3.45. The van der Waals surface area contributed by atoms with Crippen molar-refractivity contribution in [2.75, 3.05) is 12.0 Å². The lowest BCUT2D eigenvalue weighted by Crippen LogP contribution is -2.32. The summed E-state index contributed by atoms with van der Waals surface area (Å²) in [4.78, 5) is 28.0. The van der Waals surface area contributed by atoms with Gasteiger partial charge in [-0.3, -0.25) is 9.59 Å². The Kier molecular flexibility index (Phi) is 5.37. The van der Waals surface area contributed by atoms with E-state index in [9.17, 15) is 18.4 Å². The molecule has 0 saturated carbocycles. The molecule has 3 aromatic carbocycles. The number of hydrogen-bond donors (Lipinski definition) is 0. The van der Waals surface area contributed by atoms with E-state index in [-0.39, 0.29) is 10.5 Å². The number of halogens is 2. The predicted octanol–water partition coefficient (Wildman–Crippen LogP) is 5.05. The monoisotopic (exact) mass is 423 g/mol. The van der Waals surface area contributed by atoms with Crippen LogP contribution < -0.4 is 9.64 Å². The zero-order valence-electron chi connectivity index (χ0n) is 15.8. The maximum atomic E-state index is 14.4. The SMILES string of the molecule is COc1ccc(C2=C(Sc3ccccc3)C(=O)N(c3cc(F)ccc3F)C2=O)cc1. The highest BCUT2D eigenvalue weighted by Gasteiger charge is 2.41. The fourth-order valence-corrected chi connectivity index (χ4v) is 4.11. The van der Waals surface area contributed by atoms with Gasteiger partial charge in [0.1, 0.15) is 17.4 Å². The van der Waals surface area contributed by atoms with E-state index < -0.39 is 29.1 Å². The topological polar surface area (TPSA) is 46.6 Å². The Morgan fingerprint density at radius 2 is 1.57 bits per heavy atom. The molecule has 3 aromatic rings. The van der Waals surface area contributed by atoms with Gasteiger partial charge in [-0.05, 0) is 42.0 Å². The van der Waals surface area contributed by atoms with Crippen molar-refractivity contribution in [3.8, 4) is 5.75 Å². The molecule has 0 atom stereocenters. The molecule has 0 N–H and O–H groups in total. The average molecular weight is 423 g/mol. The van der Waals surface area contributed by atoms with Gasteiger partial charge in [0.05, 0.1) is 23.3 Å². The Labute approximate surface area is 175 Å². The molecule has 0 radical (unpaired) electrons. The highest BCUT2D eigenvalue weighted by molar-refractivity contribution is 8.04. The first-order chi connectivity index (χ1) is 14.5. The second-order valence-corrected chi connectivity index (χ2v) is 7.47. The summed E-state index contributed by atoms with van der Waals surface area (Å²) >= 11 is 1.10. The second-order valence-electron chi connectivity index (χ2n) is 6.39. The molecule has 1 aliphatic heterocycles. The molecule has 7 heteroatoms. The molecule has 30 heavy (non-hydrogen) atoms. The molecule has 150 valence electrons. The van der Waals surface area contributed by atoms with E-state index in [1.807, 2.05) is 6.07 Å². The van der Waals surface area contributed by atoms with Crippen LogP contribution in [0.4, 0.5) is 14.5 Å². The summed E-state index contributed by atoms with van der Waals surface area (Å²) in [6.07, 6.45) is 0. The molecule has 0 unspecified atom stereocenters. The van der Waals surface area contributed by atoms with Crippen LogP contribution in [-0.4, -0.2) is 18.9 Å². The van der Waals surface area contributed by atoms with Gasteiger partial charge in [-0.1, -0.05) is 42.1 Å². The molecule has 0 bridgehead atoms. The van der Waals surface area contributed by atoms with Crippen molar-refractivity contribution in [2.45, 2.75) is 4.90 Å². The first-order valence-electron chi connectivity index (χ1n) is 8.95. The van der Waals surface area contributed by atoms with E-state index in [1.54, 1.807) is 48.5 Å². The van der Waals surface area contributed by atoms with E-state index in [1.165, 1.54) is 7.11 Å². The summed E-state index contributed by atoms with van der Waals surface area (Å²) in [6, 6.07) is 18.3. The third-order valence-electron chi connectivity index (χ3n) is 4.53. The lowest BCUT2D eigenvalue weighted by atomic mass is 10.1. The van der Waals surface area contributed by atoms with Gasteiger partial charge in [0.25, 0.3) is 11.8 Å². The molecule has 0 aromatic heterocycles. The minimum atomic E-state index is -0.863. The number of anilines is 1. The van der Waals surface area contributed by atoms with Gasteiger partial charge in [-0.15, -0.1) is 0 Å². The van der Waals surface area contributed by atoms with Crippen molar-refractivity contribution in [3.63, 3.8) is 0 Å². The molecule has 4 nitrogen and oxygen atoms in total. The van der Waals surface area contributed by atoms with E-state index >= 15 is 0 Å². The number of imide groups is 1. The van der Waals surface area contributed by atoms with Crippen LogP contribution in [0.5, 0.6) is 5.75 Å². The number of nitrogens with zero attached hydrogens (tertiary/aromatic N) is 1. The van der Waals surface area contributed by atoms with Crippen molar-refractivity contribution in [1.29, 1.82) is 0 Å². The fourth-order valence-electron chi connectivity index (χ4n) is 3.10. The van der Waals surface area contributed by atoms with E-state index in [0.717, 1.165) is 34.9 Å². The fraction of sp³-hybridized carbons (Fsp3) is 0.0435. The van der Waals surface area contributed by atoms with Gasteiger partial charge in [-0.2, -0.15) is 0 Å². The van der Waals surface area contributed by atoms with Crippen molar-refractivity contribution in [3.05, 3.63) is 94.9 Å². The Morgan fingerprint density at radius 3 is 2.23 bits per heavy atom. The smallest absolute Gasteiger partial charge is 0.273 e. The Balaban J connectivity index is 1.84. The number of ether oxygens (including phenoxy) is 1. The molecule has 0 saturated heterocycles. The molecule has 0 spiro atoms. The minimum absolute atomic E-state index is 0.125. The maximum Gasteiger partial charge on any atom is 0.273 e. The highest BCUT2D eigenvalue weighted by Crippen LogP contribution is 2.42. The van der Waals surface area contributed by atoms with Crippen LogP contribution in [0.1, 0.15) is 5.56 Å². The van der Waals surface area contributed by atoms with E-state index in [2.05, 4.69) is 0 Å². The minimum Gasteiger partial charge on any atom is -0.497 e. The van der Waals surface area contributed by atoms with Crippen LogP contribution in [0, 0.1) is 11.6 Å². The van der Waals surface area contributed by atoms with Gasteiger partial charge in [-0.25, -0.2) is 13.7 Å². The summed E-state index contributed by atoms with van der Waals surface area (Å²) in [6.45, 7) is 0. The first-order valence-corrected chi connectivity index (χ1v) is 9.76. The van der Waals surface area contributed by atoms with Crippen molar-refractivity contribution in [2.24, 2.45) is 0 Å². The number of amides is 2. The summed E-state index contributed by atoms with van der Waals surface area (Å²) in [7, 11) is 1.52. The summed E-state index contributed by atoms with van der Waals surface area (Å²) in [5, 5.41) is 0. The molecular formula is C23H15F2NO3S. The molecular weight excluding hydrogens is 408 g/mol. The predicted molar refractivity (Wildman–Crippen MR) is 111 cm³/mol. The largest absolute Gasteiger partial charge is 0.497 e. The molecule has 0 fully saturated rings. The molecule has 1 aliphatic rings. The summed E-state index contributed by atoms with van der Waals surface area (Å²) < 4.78 is 33.3. The first kappa shape index (κ1) is 19.8. The van der Waals surface area contributed by atoms with Crippen LogP contribution in [0.15, 0.2) is 82.6 Å². The molecule has 4 rings (SSSR count). The summed E-state index contributed by atoms with van der Waals surface area (Å²) in [5.41, 5.74) is 0.187. The number of thioether (sulfide) groups is 1. The van der Waals surface area contributed by atoms with E-state index in [0.29, 0.717) is 16.2 Å². The number of rotatable bonds is 5. The zero-order chi connectivity index (χ0) is 21.3. The summed E-state index contributed by atoms with van der Waals surface area (Å²) in [5.74, 6) is -2.45. The van der Waals surface area contributed by atoms with Crippen LogP contribution in [-0.2, 0) is 9.59 Å². The lowest BCUT2D eigenvalue weighted by molar-refractivity contribution is -0.119. The zero-order valence-corrected chi connectivity index (χ0v) is 16.6. The van der Waals surface area contributed by atoms with Crippen LogP contribution >= 0.6 is 11.8 Å². The van der Waals surface area contributed by atoms with Gasteiger partial charge in [0, 0.05) is 11.0 Å². The van der Waals surface area contributed by atoms with Crippen molar-refractivity contribution >= 4 is 34.8 Å². The van der Waals surface area contributed by atoms with Crippen molar-refractivity contribution < 1.29 is 23.1 Å². The number of carbonyl (C=O) groups excluding carboxylic acids is 2. The molecule has 1 heterocycles. The number of carbonyl (C=O) groups is 2. The van der Waals surface area contributed by atoms with Crippen LogP contribution in [0.3, 0.4) is 0 Å². The molecule has 2 amide bonds. The number of methoxy groups -OCH3 is 1. The normalized spacial score (nSPS) is 13.9. The van der Waals surface area contributed by atoms with Crippen LogP contribution in [0.25, 0.3) is 5.57 Å².